The van der Waals surface area contributed by atoms with E-state index >= 15 is 8.78 Å². The van der Waals surface area contributed by atoms with Crippen LogP contribution < -0.4 is 25.9 Å². The van der Waals surface area contributed by atoms with Crippen molar-refractivity contribution in [2.75, 3.05) is 50.7 Å². The van der Waals surface area contributed by atoms with E-state index in [1.165, 1.54) is 0 Å². The van der Waals surface area contributed by atoms with Gasteiger partial charge in [0.15, 0.2) is 30.0 Å². The Kier molecular flexibility index (Phi) is 11.8. The van der Waals surface area contributed by atoms with E-state index in [-0.39, 0.29) is 42.4 Å². The first-order valence-corrected chi connectivity index (χ1v) is 24.6. The van der Waals surface area contributed by atoms with Gasteiger partial charge in [-0.1, -0.05) is 0 Å². The number of carbonyl (C=O) groups is 2. The van der Waals surface area contributed by atoms with Gasteiger partial charge in [0, 0.05) is 49.3 Å². The molecule has 1 unspecified atom stereocenters. The Morgan fingerprint density at radius 2 is 1.74 bits per heavy atom. The summed E-state index contributed by atoms with van der Waals surface area (Å²) in [6, 6.07) is 6.96. The molecule has 7 atom stereocenters. The van der Waals surface area contributed by atoms with Crippen LogP contribution in [-0.4, -0.2) is 149 Å². The number of alkyl halides is 2. The number of fused-ring (bicyclic) bond motifs is 2. The second kappa shape index (κ2) is 18.3. The average molecular weight is 999 g/mol. The minimum absolute atomic E-state index is 0.0556. The van der Waals surface area contributed by atoms with Crippen LogP contribution in [0.3, 0.4) is 0 Å². The van der Waals surface area contributed by atoms with E-state index < -0.39 is 49.1 Å². The third-order valence-corrected chi connectivity index (χ3v) is 14.9. The predicted molar refractivity (Wildman–Crippen MR) is 249 cm³/mol. The lowest BCUT2D eigenvalue weighted by Gasteiger charge is -2.62. The fourth-order valence-corrected chi connectivity index (χ4v) is 10.7. The van der Waals surface area contributed by atoms with Gasteiger partial charge in [-0.15, -0.1) is 0 Å². The van der Waals surface area contributed by atoms with Crippen LogP contribution in [0, 0.1) is 12.8 Å². The fourth-order valence-electron chi connectivity index (χ4n) is 10.7. The summed E-state index contributed by atoms with van der Waals surface area (Å²) in [5.74, 6) is 1.39. The Morgan fingerprint density at radius 3 is 2.50 bits per heavy atom. The number of carbonyl (C=O) groups excluding carboxylic acids is 2. The number of methoxy groups -OCH3 is 1. The number of rotatable bonds is 17. The number of anilines is 4. The molecule has 13 rings (SSSR count). The number of aromatic nitrogens is 10. The molecule has 0 aromatic carbocycles. The summed E-state index contributed by atoms with van der Waals surface area (Å²) in [5.41, 5.74) is 3.62. The number of halogens is 2. The summed E-state index contributed by atoms with van der Waals surface area (Å²) in [6.07, 6.45) is 0.922. The van der Waals surface area contributed by atoms with Crippen LogP contribution in [0.15, 0.2) is 36.7 Å². The van der Waals surface area contributed by atoms with Crippen molar-refractivity contribution in [1.29, 1.82) is 0 Å². The molecular formula is C47H58F2N15O8+. The molecule has 23 nitrogen and oxygen atoms in total. The van der Waals surface area contributed by atoms with Gasteiger partial charge in [-0.25, -0.2) is 43.0 Å². The van der Waals surface area contributed by atoms with E-state index in [0.717, 1.165) is 32.1 Å². The third-order valence-electron chi connectivity index (χ3n) is 14.9. The molecule has 6 aromatic rings. The number of aliphatic hydroxyl groups excluding tert-OH is 1. The Bertz CT molecular complexity index is 3010. The number of aromatic amines is 2. The number of nitrogens with one attached hydrogen (secondary N) is 6. The molecule has 7 aliphatic rings. The highest BCUT2D eigenvalue weighted by molar-refractivity contribution is 5.94. The van der Waals surface area contributed by atoms with Crippen molar-refractivity contribution in [3.63, 3.8) is 0 Å². The van der Waals surface area contributed by atoms with Crippen molar-refractivity contribution in [2.24, 2.45) is 5.92 Å². The van der Waals surface area contributed by atoms with Crippen LogP contribution in [0.4, 0.5) is 36.8 Å². The zero-order valence-electron chi connectivity index (χ0n) is 40.1. The molecule has 7 N–H and O–H groups in total. The highest BCUT2D eigenvalue weighted by Crippen LogP contribution is 2.57. The summed E-state index contributed by atoms with van der Waals surface area (Å²) >= 11 is 0. The predicted octanol–water partition coefficient (Wildman–Crippen LogP) is 3.65. The number of alkyl carbamates (subject to hydrolysis) is 1. The lowest BCUT2D eigenvalue weighted by atomic mass is 9.50. The normalized spacial score (nSPS) is 27.7. The first-order chi connectivity index (χ1) is 34.8. The largest absolute Gasteiger partial charge is 0.443 e. The van der Waals surface area contributed by atoms with Crippen LogP contribution in [0.5, 0.6) is 0 Å². The number of nitrogens with zero attached hydrogens (tertiary/aromatic N) is 9. The fraction of sp³-hybridized carbons (Fsp3) is 0.574. The van der Waals surface area contributed by atoms with E-state index in [1.807, 2.05) is 26.0 Å². The first-order valence-electron chi connectivity index (χ1n) is 24.6. The van der Waals surface area contributed by atoms with Crippen molar-refractivity contribution < 1.29 is 51.8 Å². The number of morpholine rings is 1. The number of hydrogen-bond acceptors (Lipinski definition) is 16. The Hall–Kier alpha value is -6.38. The number of hydrogen-bond donors (Lipinski definition) is 7. The van der Waals surface area contributed by atoms with Gasteiger partial charge < -0.3 is 44.3 Å². The molecular weight excluding hydrogens is 941 g/mol. The van der Waals surface area contributed by atoms with E-state index in [1.54, 1.807) is 50.2 Å². The summed E-state index contributed by atoms with van der Waals surface area (Å²) in [7, 11) is 1.58. The molecule has 0 radical (unpaired) electrons. The van der Waals surface area contributed by atoms with Gasteiger partial charge in [0.25, 0.3) is 5.91 Å². The van der Waals surface area contributed by atoms with E-state index in [4.69, 9.17) is 38.8 Å². The van der Waals surface area contributed by atoms with Crippen LogP contribution >= 0.6 is 0 Å². The molecule has 25 heteroatoms. The first kappa shape index (κ1) is 46.7. The smallest absolute Gasteiger partial charge is 0.407 e. The lowest BCUT2D eigenvalue weighted by Crippen LogP contribution is -2.69. The molecule has 72 heavy (non-hydrogen) atoms. The molecule has 2 amide bonds. The summed E-state index contributed by atoms with van der Waals surface area (Å²) in [4.78, 5) is 37.9. The quantitative estimate of drug-likeness (QED) is 0.0508. The van der Waals surface area contributed by atoms with Gasteiger partial charge in [0.1, 0.15) is 41.2 Å². The number of ether oxygens (including phenoxy) is 5. The van der Waals surface area contributed by atoms with Crippen molar-refractivity contribution in [1.82, 2.24) is 60.0 Å². The number of aryl methyl sites for hydroxylation is 1. The van der Waals surface area contributed by atoms with Crippen molar-refractivity contribution in [2.45, 2.75) is 126 Å². The minimum Gasteiger partial charge on any atom is -0.443 e. The van der Waals surface area contributed by atoms with Gasteiger partial charge in [-0.05, 0) is 70.8 Å². The van der Waals surface area contributed by atoms with Gasteiger partial charge in [-0.3, -0.25) is 15.2 Å². The Labute approximate surface area is 410 Å². The van der Waals surface area contributed by atoms with Crippen molar-refractivity contribution >= 4 is 46.3 Å². The van der Waals surface area contributed by atoms with Crippen LogP contribution in [0.25, 0.3) is 11.0 Å². The minimum atomic E-state index is -1.58. The second-order valence-corrected chi connectivity index (χ2v) is 20.5. The molecule has 8 heterocycles. The number of amides is 2. The highest BCUT2D eigenvalue weighted by Gasteiger charge is 2.57. The number of H-pyrrole nitrogens is 2. The average Bonchev–Trinajstić information content (AvgIpc) is 4.03. The van der Waals surface area contributed by atoms with E-state index in [0.29, 0.717) is 108 Å². The van der Waals surface area contributed by atoms with E-state index in [9.17, 15) is 14.7 Å². The maximum absolute atomic E-state index is 16.5. The SMILES string of the molecule is COCc1cc2c(Nc3cc([C@@H]4OC[C@H](OC(O)NC56CC(C5)C6)[C@@H]4F)[nH]n3)nc(C[n+]3[nH]c([C@H]4CC[C@@H](OC(=O)NC5(C)CC5)[C@H]4F)cc3Nc3nc(C)cn4nc(C(=O)N5CCOCC5)cc34)cn2n1. The molecule has 5 aliphatic carbocycles. The summed E-state index contributed by atoms with van der Waals surface area (Å²) < 4.78 is 65.4. The Morgan fingerprint density at radius 1 is 0.958 bits per heavy atom. The maximum atomic E-state index is 16.5. The van der Waals surface area contributed by atoms with Gasteiger partial charge in [-0.2, -0.15) is 20.0 Å². The zero-order valence-corrected chi connectivity index (χ0v) is 40.1. The standard InChI is InChI=1S/C47H57F2N15O8/c1-24-19-62-33(13-31(60-62)43(65)61-8-10-69-11-9-61)41(50-24)53-37-15-29(28-4-5-34(38(28)48)71-44(66)54-46(2)6-7-46)59-64(37)21-27-20-63-32(12-26(58-63)22-68-3)42(51-27)52-36-14-30(56-57-36)40-39(49)35(23-70-40)72-45(67)55-47-16-25(17-47)18-47/h12-15,19-20,25,28,34-35,38-40,45,55,67H,4-11,16-18,21-23H2,1-3H3,(H4,50,51,52,53,54,56,57,58,59,60,65,66)/p+1/t25?,28-,34-,35+,38+,39+,40+,45?,47?/m1/s1. The highest BCUT2D eigenvalue weighted by atomic mass is 19.1. The second-order valence-electron chi connectivity index (χ2n) is 20.5. The topological polar surface area (TPSA) is 261 Å². The summed E-state index contributed by atoms with van der Waals surface area (Å²) in [6.45, 7) is 5.81. The van der Waals surface area contributed by atoms with E-state index in [2.05, 4.69) is 41.7 Å². The third kappa shape index (κ3) is 9.09. The van der Waals surface area contributed by atoms with Crippen LogP contribution in [0.2, 0.25) is 0 Å². The van der Waals surface area contributed by atoms with Gasteiger partial charge >= 0.3 is 11.9 Å². The molecule has 2 bridgehead atoms. The monoisotopic (exact) mass is 998 g/mol. The molecule has 2 saturated heterocycles. The molecule has 6 aromatic heterocycles. The van der Waals surface area contributed by atoms with Gasteiger partial charge in [0.2, 0.25) is 12.2 Å². The van der Waals surface area contributed by atoms with Gasteiger partial charge in [0.05, 0.1) is 67.7 Å². The molecule has 0 spiro atoms. The molecule has 7 fully saturated rings. The van der Waals surface area contributed by atoms with Crippen molar-refractivity contribution in [3.05, 3.63) is 70.8 Å². The molecule has 2 aliphatic heterocycles. The molecule has 5 saturated carbocycles. The van der Waals surface area contributed by atoms with Crippen LogP contribution in [-0.2, 0) is 36.8 Å². The van der Waals surface area contributed by atoms with Crippen LogP contribution in [0.1, 0.15) is 103 Å². The number of aliphatic hydroxyl groups is 1. The molecule has 382 valence electrons. The lowest BCUT2D eigenvalue weighted by molar-refractivity contribution is -0.730. The maximum Gasteiger partial charge on any atom is 0.407 e. The summed E-state index contributed by atoms with van der Waals surface area (Å²) in [5, 5.41) is 43.4. The Balaban J connectivity index is 0.831. The zero-order chi connectivity index (χ0) is 49.5. The van der Waals surface area contributed by atoms with Crippen molar-refractivity contribution in [3.8, 4) is 0 Å².